The monoisotopic (exact) mass is 252 g/mol. The number of pyridine rings is 1. The van der Waals surface area contributed by atoms with E-state index in [-0.39, 0.29) is 11.5 Å². The van der Waals surface area contributed by atoms with Crippen molar-refractivity contribution in [3.8, 4) is 0 Å². The highest BCUT2D eigenvalue weighted by atomic mass is 16.4. The third-order valence-electron chi connectivity index (χ3n) is 2.52. The molecular weight excluding hydrogens is 236 g/mol. The Balaban J connectivity index is 2.94. The second-order valence-corrected chi connectivity index (χ2v) is 4.42. The fraction of sp³-hybridized carbons (Fsp3) is 0.417. The predicted molar refractivity (Wildman–Crippen MR) is 65.5 cm³/mol. The summed E-state index contributed by atoms with van der Waals surface area (Å²) in [7, 11) is 0. The molecule has 1 aromatic heterocycles. The minimum absolute atomic E-state index is 0.0903. The van der Waals surface area contributed by atoms with E-state index in [4.69, 9.17) is 5.11 Å². The summed E-state index contributed by atoms with van der Waals surface area (Å²) in [5.41, 5.74) is 0.0167. The van der Waals surface area contributed by atoms with Crippen LogP contribution in [0.2, 0.25) is 0 Å². The Kier molecular flexibility index (Phi) is 4.25. The summed E-state index contributed by atoms with van der Waals surface area (Å²) in [6.07, 6.45) is 0. The zero-order chi connectivity index (χ0) is 13.9. The van der Waals surface area contributed by atoms with E-state index in [0.29, 0.717) is 5.69 Å². The van der Waals surface area contributed by atoms with E-state index in [1.807, 2.05) is 0 Å². The first-order valence-corrected chi connectivity index (χ1v) is 5.56. The Bertz CT molecular complexity index is 519. The van der Waals surface area contributed by atoms with Gasteiger partial charge in [-0.15, -0.1) is 0 Å². The van der Waals surface area contributed by atoms with Crippen LogP contribution < -0.4 is 10.9 Å². The van der Waals surface area contributed by atoms with Crippen molar-refractivity contribution in [3.05, 3.63) is 33.7 Å². The minimum atomic E-state index is -1.12. The molecule has 0 unspecified atom stereocenters. The molecule has 6 heteroatoms. The summed E-state index contributed by atoms with van der Waals surface area (Å²) >= 11 is 0. The number of carboxylic acids is 1. The van der Waals surface area contributed by atoms with Crippen LogP contribution in [0.25, 0.3) is 0 Å². The van der Waals surface area contributed by atoms with Gasteiger partial charge in [0.1, 0.15) is 11.6 Å². The SMILES string of the molecule is Cc1ccc(C(=O)N[C@@H](C(=O)O)C(C)C)c(=O)[nH]1. The van der Waals surface area contributed by atoms with Crippen LogP contribution in [0.5, 0.6) is 0 Å². The lowest BCUT2D eigenvalue weighted by Crippen LogP contribution is -2.45. The number of hydrogen-bond acceptors (Lipinski definition) is 3. The average Bonchev–Trinajstić information content (AvgIpc) is 2.24. The molecule has 0 aliphatic heterocycles. The predicted octanol–water partition coefficient (Wildman–Crippen LogP) is 0.522. The topological polar surface area (TPSA) is 99.3 Å². The summed E-state index contributed by atoms with van der Waals surface area (Å²) in [5.74, 6) is -2.07. The Morgan fingerprint density at radius 2 is 1.94 bits per heavy atom. The molecule has 1 amide bonds. The van der Waals surface area contributed by atoms with Gasteiger partial charge in [0.05, 0.1) is 0 Å². The zero-order valence-electron chi connectivity index (χ0n) is 10.5. The van der Waals surface area contributed by atoms with Gasteiger partial charge >= 0.3 is 5.97 Å². The van der Waals surface area contributed by atoms with Gasteiger partial charge in [-0.1, -0.05) is 13.8 Å². The van der Waals surface area contributed by atoms with Crippen LogP contribution >= 0.6 is 0 Å². The average molecular weight is 252 g/mol. The third-order valence-corrected chi connectivity index (χ3v) is 2.52. The molecular formula is C12H16N2O4. The Hall–Kier alpha value is -2.11. The molecule has 18 heavy (non-hydrogen) atoms. The van der Waals surface area contributed by atoms with E-state index in [9.17, 15) is 14.4 Å². The Labute approximate surface area is 104 Å². The van der Waals surface area contributed by atoms with Crippen molar-refractivity contribution in [1.82, 2.24) is 10.3 Å². The van der Waals surface area contributed by atoms with Crippen LogP contribution in [-0.2, 0) is 4.79 Å². The van der Waals surface area contributed by atoms with Gasteiger partial charge < -0.3 is 15.4 Å². The highest BCUT2D eigenvalue weighted by Gasteiger charge is 2.24. The number of aliphatic carboxylic acids is 1. The number of aryl methyl sites for hydroxylation is 1. The lowest BCUT2D eigenvalue weighted by atomic mass is 10.0. The van der Waals surface area contributed by atoms with Crippen LogP contribution in [0.3, 0.4) is 0 Å². The number of nitrogens with one attached hydrogen (secondary N) is 2. The van der Waals surface area contributed by atoms with E-state index in [0.717, 1.165) is 0 Å². The van der Waals surface area contributed by atoms with Crippen molar-refractivity contribution in [2.45, 2.75) is 26.8 Å². The maximum Gasteiger partial charge on any atom is 0.326 e. The highest BCUT2D eigenvalue weighted by molar-refractivity contribution is 5.96. The molecule has 0 spiro atoms. The second-order valence-electron chi connectivity index (χ2n) is 4.42. The quantitative estimate of drug-likeness (QED) is 0.727. The maximum absolute atomic E-state index is 11.8. The van der Waals surface area contributed by atoms with E-state index < -0.39 is 23.5 Å². The first kappa shape index (κ1) is 14.0. The zero-order valence-corrected chi connectivity index (χ0v) is 10.5. The number of carbonyl (C=O) groups excluding carboxylic acids is 1. The molecule has 0 aliphatic carbocycles. The number of aromatic amines is 1. The summed E-state index contributed by atoms with van der Waals surface area (Å²) in [6.45, 7) is 5.05. The van der Waals surface area contributed by atoms with E-state index in [1.165, 1.54) is 6.07 Å². The van der Waals surface area contributed by atoms with Gasteiger partial charge in [0.25, 0.3) is 11.5 Å². The van der Waals surface area contributed by atoms with Crippen molar-refractivity contribution >= 4 is 11.9 Å². The molecule has 6 nitrogen and oxygen atoms in total. The number of amides is 1. The number of carbonyl (C=O) groups is 2. The fourth-order valence-corrected chi connectivity index (χ4v) is 1.48. The summed E-state index contributed by atoms with van der Waals surface area (Å²) in [4.78, 5) is 36.8. The second kappa shape index (κ2) is 5.48. The molecule has 1 rings (SSSR count). The lowest BCUT2D eigenvalue weighted by Gasteiger charge is -2.17. The van der Waals surface area contributed by atoms with Gasteiger partial charge in [-0.2, -0.15) is 0 Å². The largest absolute Gasteiger partial charge is 0.480 e. The van der Waals surface area contributed by atoms with Crippen LogP contribution in [0.4, 0.5) is 0 Å². The van der Waals surface area contributed by atoms with Gasteiger partial charge in [-0.3, -0.25) is 9.59 Å². The molecule has 0 saturated heterocycles. The number of H-pyrrole nitrogens is 1. The van der Waals surface area contributed by atoms with Crippen molar-refractivity contribution in [2.24, 2.45) is 5.92 Å². The molecule has 0 bridgehead atoms. The molecule has 0 aromatic carbocycles. The smallest absolute Gasteiger partial charge is 0.326 e. The normalized spacial score (nSPS) is 12.2. The molecule has 0 radical (unpaired) electrons. The van der Waals surface area contributed by atoms with Crippen molar-refractivity contribution in [1.29, 1.82) is 0 Å². The van der Waals surface area contributed by atoms with Crippen molar-refractivity contribution in [3.63, 3.8) is 0 Å². The van der Waals surface area contributed by atoms with E-state index >= 15 is 0 Å². The summed E-state index contributed by atoms with van der Waals surface area (Å²) in [5, 5.41) is 11.3. The van der Waals surface area contributed by atoms with Crippen LogP contribution in [-0.4, -0.2) is 28.0 Å². The lowest BCUT2D eigenvalue weighted by molar-refractivity contribution is -0.140. The van der Waals surface area contributed by atoms with Crippen molar-refractivity contribution < 1.29 is 14.7 Å². The van der Waals surface area contributed by atoms with Gasteiger partial charge in [0.2, 0.25) is 0 Å². The van der Waals surface area contributed by atoms with Gasteiger partial charge in [0.15, 0.2) is 0 Å². The first-order chi connectivity index (χ1) is 8.32. The Morgan fingerprint density at radius 3 is 2.39 bits per heavy atom. The first-order valence-electron chi connectivity index (χ1n) is 5.56. The standard InChI is InChI=1S/C12H16N2O4/c1-6(2)9(12(17)18)14-11(16)8-5-4-7(3)13-10(8)15/h4-6,9H,1-3H3,(H,13,15)(H,14,16)(H,17,18)/t9-/m1/s1. The number of rotatable bonds is 4. The number of hydrogen-bond donors (Lipinski definition) is 3. The molecule has 1 aromatic rings. The van der Waals surface area contributed by atoms with E-state index in [1.54, 1.807) is 26.8 Å². The van der Waals surface area contributed by atoms with Gasteiger partial charge in [-0.25, -0.2) is 4.79 Å². The van der Waals surface area contributed by atoms with Crippen LogP contribution in [0.15, 0.2) is 16.9 Å². The van der Waals surface area contributed by atoms with Gasteiger partial charge in [0, 0.05) is 5.69 Å². The molecule has 0 aliphatic rings. The number of carboxylic acid groups (broad SMARTS) is 1. The maximum atomic E-state index is 11.8. The molecule has 98 valence electrons. The van der Waals surface area contributed by atoms with Crippen LogP contribution in [0, 0.1) is 12.8 Å². The molecule has 1 heterocycles. The van der Waals surface area contributed by atoms with Crippen LogP contribution in [0.1, 0.15) is 29.9 Å². The van der Waals surface area contributed by atoms with E-state index in [2.05, 4.69) is 10.3 Å². The fourth-order valence-electron chi connectivity index (χ4n) is 1.48. The molecule has 0 saturated carbocycles. The minimum Gasteiger partial charge on any atom is -0.480 e. The Morgan fingerprint density at radius 1 is 1.33 bits per heavy atom. The van der Waals surface area contributed by atoms with Gasteiger partial charge in [-0.05, 0) is 25.0 Å². The summed E-state index contributed by atoms with van der Waals surface area (Å²) in [6, 6.07) is 1.95. The molecule has 3 N–H and O–H groups in total. The molecule has 0 fully saturated rings. The summed E-state index contributed by atoms with van der Waals surface area (Å²) < 4.78 is 0. The molecule has 1 atom stereocenters. The third kappa shape index (κ3) is 3.19. The number of aromatic nitrogens is 1. The van der Waals surface area contributed by atoms with Crippen molar-refractivity contribution in [2.75, 3.05) is 0 Å². The highest BCUT2D eigenvalue weighted by Crippen LogP contribution is 2.03.